The van der Waals surface area contributed by atoms with Gasteiger partial charge in [0.2, 0.25) is 5.95 Å². The average Bonchev–Trinajstić information content (AvgIpc) is 2.78. The van der Waals surface area contributed by atoms with Gasteiger partial charge in [0.1, 0.15) is 31.0 Å². The molecule has 0 spiro atoms. The fraction of sp³-hybridized carbons (Fsp3) is 0.571. The van der Waals surface area contributed by atoms with Crippen LogP contribution in [0.2, 0.25) is 0 Å². The van der Waals surface area contributed by atoms with Crippen molar-refractivity contribution in [2.24, 2.45) is 0 Å². The number of hydrogen-bond acceptors (Lipinski definition) is 7. The SMILES string of the molecule is CC[C@H](F)CNc1ncc(-c2ccc(OCCF)cn2)c(N[C@H]2CC[C@H](O)CC2)n1. The number of aliphatic hydroxyl groups excluding tert-OH is 1. The Hall–Kier alpha value is -2.55. The fourth-order valence-electron chi connectivity index (χ4n) is 3.31. The molecule has 0 radical (unpaired) electrons. The highest BCUT2D eigenvalue weighted by Crippen LogP contribution is 2.29. The molecule has 1 atom stereocenters. The van der Waals surface area contributed by atoms with E-state index in [1.54, 1.807) is 25.3 Å². The van der Waals surface area contributed by atoms with Gasteiger partial charge >= 0.3 is 0 Å². The fourth-order valence-corrected chi connectivity index (χ4v) is 3.31. The van der Waals surface area contributed by atoms with Crippen LogP contribution in [0.1, 0.15) is 39.0 Å². The second-order valence-electron chi connectivity index (χ2n) is 7.41. The maximum atomic E-state index is 13.6. The van der Waals surface area contributed by atoms with Gasteiger partial charge in [0, 0.05) is 18.8 Å². The molecule has 30 heavy (non-hydrogen) atoms. The van der Waals surface area contributed by atoms with Gasteiger partial charge in [-0.05, 0) is 44.2 Å². The lowest BCUT2D eigenvalue weighted by molar-refractivity contribution is 0.126. The Labute approximate surface area is 175 Å². The third-order valence-electron chi connectivity index (χ3n) is 5.11. The van der Waals surface area contributed by atoms with E-state index in [0.717, 1.165) is 25.7 Å². The summed E-state index contributed by atoms with van der Waals surface area (Å²) in [5, 5.41) is 16.1. The highest BCUT2D eigenvalue weighted by Gasteiger charge is 2.21. The standard InChI is InChI=1S/C21H29F2N5O2/c1-2-14(23)11-25-21-26-13-18(19-8-7-17(12-24-19)30-10-9-22)20(28-21)27-15-3-5-16(29)6-4-15/h7-8,12-16,29H,2-6,9-11H2,1H3,(H2,25,26,27,28)/t14-,15-,16-/m0/s1. The number of halogens is 2. The highest BCUT2D eigenvalue weighted by atomic mass is 19.1. The van der Waals surface area contributed by atoms with E-state index in [1.165, 1.54) is 6.20 Å². The van der Waals surface area contributed by atoms with Crippen molar-refractivity contribution in [2.45, 2.75) is 57.3 Å². The quantitative estimate of drug-likeness (QED) is 0.538. The van der Waals surface area contributed by atoms with Crippen LogP contribution in [0.15, 0.2) is 24.5 Å². The van der Waals surface area contributed by atoms with E-state index < -0.39 is 12.8 Å². The predicted octanol–water partition coefficient (Wildman–Crippen LogP) is 3.76. The van der Waals surface area contributed by atoms with E-state index in [2.05, 4.69) is 25.6 Å². The maximum Gasteiger partial charge on any atom is 0.224 e. The molecule has 0 bridgehead atoms. The molecule has 9 heteroatoms. The Kier molecular flexibility index (Phi) is 8.12. The zero-order chi connectivity index (χ0) is 21.3. The normalized spacial score (nSPS) is 19.9. The first-order valence-corrected chi connectivity index (χ1v) is 10.4. The molecule has 164 valence electrons. The van der Waals surface area contributed by atoms with Crippen LogP contribution in [-0.2, 0) is 0 Å². The zero-order valence-corrected chi connectivity index (χ0v) is 17.2. The van der Waals surface area contributed by atoms with Crippen molar-refractivity contribution in [3.8, 4) is 17.0 Å². The Morgan fingerprint density at radius 1 is 1.20 bits per heavy atom. The minimum atomic E-state index is -0.969. The number of nitrogens with zero attached hydrogens (tertiary/aromatic N) is 3. The lowest BCUT2D eigenvalue weighted by Crippen LogP contribution is -2.29. The van der Waals surface area contributed by atoms with Crippen LogP contribution in [0.3, 0.4) is 0 Å². The van der Waals surface area contributed by atoms with Gasteiger partial charge in [-0.25, -0.2) is 13.8 Å². The molecule has 0 aliphatic heterocycles. The first-order valence-electron chi connectivity index (χ1n) is 10.4. The van der Waals surface area contributed by atoms with Crippen LogP contribution in [0, 0.1) is 0 Å². The molecule has 1 aliphatic rings. The van der Waals surface area contributed by atoms with Crippen molar-refractivity contribution in [2.75, 3.05) is 30.5 Å². The molecule has 0 aromatic carbocycles. The van der Waals surface area contributed by atoms with Gasteiger partial charge < -0.3 is 20.5 Å². The predicted molar refractivity (Wildman–Crippen MR) is 112 cm³/mol. The summed E-state index contributed by atoms with van der Waals surface area (Å²) in [5.74, 6) is 1.43. The Balaban J connectivity index is 1.81. The number of rotatable bonds is 10. The van der Waals surface area contributed by atoms with E-state index in [0.29, 0.717) is 35.2 Å². The molecule has 1 fully saturated rings. The smallest absolute Gasteiger partial charge is 0.224 e. The highest BCUT2D eigenvalue weighted by molar-refractivity contribution is 5.73. The van der Waals surface area contributed by atoms with E-state index in [-0.39, 0.29) is 25.3 Å². The van der Waals surface area contributed by atoms with Gasteiger partial charge in [-0.1, -0.05) is 6.92 Å². The summed E-state index contributed by atoms with van der Waals surface area (Å²) in [6, 6.07) is 3.66. The topological polar surface area (TPSA) is 92.2 Å². The van der Waals surface area contributed by atoms with Crippen molar-refractivity contribution in [1.29, 1.82) is 0 Å². The number of aliphatic hydroxyl groups is 1. The van der Waals surface area contributed by atoms with Gasteiger partial charge in [0.15, 0.2) is 0 Å². The summed E-state index contributed by atoms with van der Waals surface area (Å²) < 4.78 is 31.1. The number of nitrogens with one attached hydrogen (secondary N) is 2. The maximum absolute atomic E-state index is 13.6. The molecule has 3 rings (SSSR count). The van der Waals surface area contributed by atoms with Gasteiger partial charge in [-0.3, -0.25) is 4.98 Å². The molecular formula is C21H29F2N5O2. The molecule has 2 aromatic heterocycles. The molecule has 2 aromatic rings. The molecule has 0 unspecified atom stereocenters. The van der Waals surface area contributed by atoms with Crippen LogP contribution in [0.4, 0.5) is 20.5 Å². The van der Waals surface area contributed by atoms with Crippen molar-refractivity contribution < 1.29 is 18.6 Å². The summed E-state index contributed by atoms with van der Waals surface area (Å²) in [6.45, 7) is 1.35. The average molecular weight is 421 g/mol. The first kappa shape index (κ1) is 22.1. The lowest BCUT2D eigenvalue weighted by Gasteiger charge is -2.27. The Morgan fingerprint density at radius 3 is 2.67 bits per heavy atom. The lowest BCUT2D eigenvalue weighted by atomic mass is 9.93. The number of alkyl halides is 2. The molecule has 3 N–H and O–H groups in total. The zero-order valence-electron chi connectivity index (χ0n) is 17.2. The van der Waals surface area contributed by atoms with E-state index in [9.17, 15) is 13.9 Å². The van der Waals surface area contributed by atoms with Crippen molar-refractivity contribution in [3.05, 3.63) is 24.5 Å². The van der Waals surface area contributed by atoms with Gasteiger partial charge in [0.25, 0.3) is 0 Å². The van der Waals surface area contributed by atoms with Crippen molar-refractivity contribution in [1.82, 2.24) is 15.0 Å². The third kappa shape index (κ3) is 6.22. The molecule has 2 heterocycles. The van der Waals surface area contributed by atoms with Crippen LogP contribution in [0.5, 0.6) is 5.75 Å². The van der Waals surface area contributed by atoms with E-state index in [1.807, 2.05) is 0 Å². The summed E-state index contributed by atoms with van der Waals surface area (Å²) in [4.78, 5) is 13.3. The second kappa shape index (κ2) is 11.0. The molecule has 0 saturated heterocycles. The minimum absolute atomic E-state index is 0.0157. The van der Waals surface area contributed by atoms with Crippen molar-refractivity contribution in [3.63, 3.8) is 0 Å². The van der Waals surface area contributed by atoms with Crippen LogP contribution in [-0.4, -0.2) is 58.2 Å². The summed E-state index contributed by atoms with van der Waals surface area (Å²) in [7, 11) is 0. The Bertz CT molecular complexity index is 785. The third-order valence-corrected chi connectivity index (χ3v) is 5.11. The largest absolute Gasteiger partial charge is 0.489 e. The number of aromatic nitrogens is 3. The van der Waals surface area contributed by atoms with Crippen LogP contribution in [0.25, 0.3) is 11.3 Å². The van der Waals surface area contributed by atoms with Gasteiger partial charge in [0.05, 0.1) is 23.6 Å². The number of pyridine rings is 1. The van der Waals surface area contributed by atoms with E-state index >= 15 is 0 Å². The van der Waals surface area contributed by atoms with E-state index in [4.69, 9.17) is 4.74 Å². The Morgan fingerprint density at radius 2 is 2.00 bits per heavy atom. The van der Waals surface area contributed by atoms with Gasteiger partial charge in [-0.2, -0.15) is 4.98 Å². The molecule has 0 amide bonds. The molecule has 1 saturated carbocycles. The van der Waals surface area contributed by atoms with Gasteiger partial charge in [-0.15, -0.1) is 0 Å². The molecular weight excluding hydrogens is 392 g/mol. The second-order valence-corrected chi connectivity index (χ2v) is 7.41. The van der Waals surface area contributed by atoms with Crippen LogP contribution < -0.4 is 15.4 Å². The first-order chi connectivity index (χ1) is 14.6. The summed E-state index contributed by atoms with van der Waals surface area (Å²) in [6.07, 6.45) is 5.53. The number of ether oxygens (including phenoxy) is 1. The van der Waals surface area contributed by atoms with Crippen molar-refractivity contribution >= 4 is 11.8 Å². The minimum Gasteiger partial charge on any atom is -0.489 e. The molecule has 7 nitrogen and oxygen atoms in total. The van der Waals surface area contributed by atoms with Crippen LogP contribution >= 0.6 is 0 Å². The molecule has 1 aliphatic carbocycles. The summed E-state index contributed by atoms with van der Waals surface area (Å²) >= 11 is 0. The summed E-state index contributed by atoms with van der Waals surface area (Å²) in [5.41, 5.74) is 1.35. The number of hydrogen-bond donors (Lipinski definition) is 3. The number of anilines is 2. The monoisotopic (exact) mass is 421 g/mol.